The maximum atomic E-state index is 12.3. The molecule has 0 aliphatic heterocycles. The number of nitrogens with zero attached hydrogens (tertiary/aromatic N) is 1. The summed E-state index contributed by atoms with van der Waals surface area (Å²) in [7, 11) is -3.43. The number of sulfonamides is 1. The molecule has 1 saturated carbocycles. The van der Waals surface area contributed by atoms with Crippen LogP contribution in [0.25, 0.3) is 0 Å². The molecule has 1 atom stereocenters. The van der Waals surface area contributed by atoms with Crippen LogP contribution in [0.3, 0.4) is 0 Å². The molecule has 0 radical (unpaired) electrons. The highest BCUT2D eigenvalue weighted by molar-refractivity contribution is 7.89. The average Bonchev–Trinajstić information content (AvgIpc) is 3.14. The van der Waals surface area contributed by atoms with E-state index in [9.17, 15) is 8.42 Å². The van der Waals surface area contributed by atoms with E-state index in [-0.39, 0.29) is 0 Å². The summed E-state index contributed by atoms with van der Waals surface area (Å²) in [5.41, 5.74) is 6.59. The zero-order valence-electron chi connectivity index (χ0n) is 12.5. The first kappa shape index (κ1) is 15.5. The lowest BCUT2D eigenvalue weighted by Gasteiger charge is -2.15. The van der Waals surface area contributed by atoms with Crippen LogP contribution in [0, 0.1) is 11.8 Å². The minimum atomic E-state index is -3.43. The van der Waals surface area contributed by atoms with Gasteiger partial charge in [0.15, 0.2) is 0 Å². The topological polar surface area (TPSA) is 77.1 Å². The number of nitrogens with two attached hydrogens (primary N) is 1. The van der Waals surface area contributed by atoms with Crippen LogP contribution in [0.15, 0.2) is 17.2 Å². The molecule has 6 heteroatoms. The second kappa shape index (κ2) is 5.87. The Morgan fingerprint density at radius 1 is 1.40 bits per heavy atom. The van der Waals surface area contributed by atoms with Gasteiger partial charge in [-0.2, -0.15) is 0 Å². The third kappa shape index (κ3) is 3.42. The molecule has 20 heavy (non-hydrogen) atoms. The molecule has 1 aliphatic rings. The fraction of sp³-hybridized carbons (Fsp3) is 0.714. The van der Waals surface area contributed by atoms with Crippen molar-refractivity contribution in [3.63, 3.8) is 0 Å². The molecule has 0 bridgehead atoms. The smallest absolute Gasteiger partial charge is 0.242 e. The molecule has 1 aromatic rings. The van der Waals surface area contributed by atoms with Gasteiger partial charge < -0.3 is 10.3 Å². The molecule has 1 heterocycles. The van der Waals surface area contributed by atoms with Crippen LogP contribution in [0.1, 0.15) is 45.3 Å². The van der Waals surface area contributed by atoms with Gasteiger partial charge in [-0.15, -0.1) is 0 Å². The van der Waals surface area contributed by atoms with Crippen LogP contribution in [0.2, 0.25) is 0 Å². The number of hydrogen-bond donors (Lipinski definition) is 2. The van der Waals surface area contributed by atoms with Gasteiger partial charge in [-0.3, -0.25) is 0 Å². The summed E-state index contributed by atoms with van der Waals surface area (Å²) >= 11 is 0. The van der Waals surface area contributed by atoms with Gasteiger partial charge in [0.25, 0.3) is 0 Å². The molecule has 0 amide bonds. The van der Waals surface area contributed by atoms with E-state index < -0.39 is 10.0 Å². The largest absolute Gasteiger partial charge is 0.346 e. The highest BCUT2D eigenvalue weighted by Gasteiger charge is 2.28. The van der Waals surface area contributed by atoms with E-state index >= 15 is 0 Å². The van der Waals surface area contributed by atoms with E-state index in [1.54, 1.807) is 12.3 Å². The van der Waals surface area contributed by atoms with Gasteiger partial charge in [-0.25, -0.2) is 13.1 Å². The first-order valence-corrected chi connectivity index (χ1v) is 8.74. The lowest BCUT2D eigenvalue weighted by atomic mass is 9.99. The minimum Gasteiger partial charge on any atom is -0.346 e. The molecule has 0 saturated heterocycles. The van der Waals surface area contributed by atoms with Crippen LogP contribution >= 0.6 is 0 Å². The number of hydrogen-bond acceptors (Lipinski definition) is 3. The standard InChI is InChI=1S/C14H25N3O2S/c1-10(2)11(3)8-16-20(18,19)14-6-13(7-15)17(9-14)12-4-5-12/h6,9-12,16H,4-5,7-8,15H2,1-3H3. The highest BCUT2D eigenvalue weighted by atomic mass is 32.2. The summed E-state index contributed by atoms with van der Waals surface area (Å²) in [6.45, 7) is 7.07. The van der Waals surface area contributed by atoms with E-state index in [1.165, 1.54) is 0 Å². The predicted octanol–water partition coefficient (Wildman–Crippen LogP) is 1.85. The first-order chi connectivity index (χ1) is 9.35. The molecular formula is C14H25N3O2S. The molecule has 0 aromatic carbocycles. The maximum absolute atomic E-state index is 12.3. The Labute approximate surface area is 121 Å². The third-order valence-electron chi connectivity index (χ3n) is 4.10. The molecule has 114 valence electrons. The average molecular weight is 299 g/mol. The lowest BCUT2D eigenvalue weighted by Crippen LogP contribution is -2.30. The molecule has 2 rings (SSSR count). The van der Waals surface area contributed by atoms with E-state index in [4.69, 9.17) is 5.73 Å². The molecule has 1 fully saturated rings. The highest BCUT2D eigenvalue weighted by Crippen LogP contribution is 2.37. The van der Waals surface area contributed by atoms with Gasteiger partial charge in [0.1, 0.15) is 0 Å². The van der Waals surface area contributed by atoms with Crippen LogP contribution in [0.4, 0.5) is 0 Å². The Kier molecular flexibility index (Phi) is 4.56. The van der Waals surface area contributed by atoms with Gasteiger partial charge in [0, 0.05) is 31.0 Å². The molecule has 1 aromatic heterocycles. The van der Waals surface area contributed by atoms with Crippen molar-refractivity contribution in [2.24, 2.45) is 17.6 Å². The zero-order chi connectivity index (χ0) is 14.9. The van der Waals surface area contributed by atoms with E-state index in [0.717, 1.165) is 18.5 Å². The second-order valence-corrected chi connectivity index (χ2v) is 7.85. The molecule has 1 unspecified atom stereocenters. The summed E-state index contributed by atoms with van der Waals surface area (Å²) < 4.78 is 29.3. The van der Waals surface area contributed by atoms with Crippen molar-refractivity contribution < 1.29 is 8.42 Å². The fourth-order valence-electron chi connectivity index (χ4n) is 2.06. The van der Waals surface area contributed by atoms with Crippen LogP contribution in [0.5, 0.6) is 0 Å². The lowest BCUT2D eigenvalue weighted by molar-refractivity contribution is 0.414. The number of aromatic nitrogens is 1. The van der Waals surface area contributed by atoms with Crippen molar-refractivity contribution in [3.8, 4) is 0 Å². The summed E-state index contributed by atoms with van der Waals surface area (Å²) in [6, 6.07) is 2.13. The van der Waals surface area contributed by atoms with Crippen molar-refractivity contribution in [2.75, 3.05) is 6.54 Å². The SMILES string of the molecule is CC(C)C(C)CNS(=O)(=O)c1cc(CN)n(C2CC2)c1. The Bertz CT molecular complexity index is 559. The third-order valence-corrected chi connectivity index (χ3v) is 5.49. The van der Waals surface area contributed by atoms with Crippen molar-refractivity contribution in [1.29, 1.82) is 0 Å². The van der Waals surface area contributed by atoms with Gasteiger partial charge in [0.2, 0.25) is 10.0 Å². The Morgan fingerprint density at radius 3 is 2.55 bits per heavy atom. The molecule has 5 nitrogen and oxygen atoms in total. The Balaban J connectivity index is 2.13. The summed E-state index contributed by atoms with van der Waals surface area (Å²) in [5, 5.41) is 0. The first-order valence-electron chi connectivity index (χ1n) is 7.25. The maximum Gasteiger partial charge on any atom is 0.242 e. The Hall–Kier alpha value is -0.850. The van der Waals surface area contributed by atoms with Crippen molar-refractivity contribution in [3.05, 3.63) is 18.0 Å². The molecular weight excluding hydrogens is 274 g/mol. The monoisotopic (exact) mass is 299 g/mol. The van der Waals surface area contributed by atoms with Crippen molar-refractivity contribution >= 4 is 10.0 Å². The second-order valence-electron chi connectivity index (χ2n) is 6.08. The molecule has 1 aliphatic carbocycles. The van der Waals surface area contributed by atoms with Gasteiger partial charge >= 0.3 is 0 Å². The van der Waals surface area contributed by atoms with E-state index in [2.05, 4.69) is 18.6 Å². The van der Waals surface area contributed by atoms with Gasteiger partial charge in [0.05, 0.1) is 4.90 Å². The number of rotatable bonds is 7. The van der Waals surface area contributed by atoms with Gasteiger partial charge in [-0.05, 0) is 30.7 Å². The summed E-state index contributed by atoms with van der Waals surface area (Å²) in [4.78, 5) is 0.334. The minimum absolute atomic E-state index is 0.310. The van der Waals surface area contributed by atoms with E-state index in [0.29, 0.717) is 35.9 Å². The van der Waals surface area contributed by atoms with E-state index in [1.807, 2.05) is 11.5 Å². The zero-order valence-corrected chi connectivity index (χ0v) is 13.3. The molecule has 0 spiro atoms. The summed E-state index contributed by atoms with van der Waals surface area (Å²) in [5.74, 6) is 0.762. The summed E-state index contributed by atoms with van der Waals surface area (Å²) in [6.07, 6.45) is 3.94. The number of nitrogens with one attached hydrogen (secondary N) is 1. The fourth-order valence-corrected chi connectivity index (χ4v) is 3.25. The quantitative estimate of drug-likeness (QED) is 0.806. The van der Waals surface area contributed by atoms with Crippen LogP contribution < -0.4 is 10.5 Å². The van der Waals surface area contributed by atoms with Crippen LogP contribution in [-0.2, 0) is 16.6 Å². The normalized spacial score (nSPS) is 17.6. The molecule has 3 N–H and O–H groups in total. The Morgan fingerprint density at radius 2 is 2.05 bits per heavy atom. The van der Waals surface area contributed by atoms with Crippen LogP contribution in [-0.4, -0.2) is 19.5 Å². The van der Waals surface area contributed by atoms with Crippen molar-refractivity contribution in [1.82, 2.24) is 9.29 Å². The van der Waals surface area contributed by atoms with Gasteiger partial charge in [-0.1, -0.05) is 20.8 Å². The predicted molar refractivity (Wildman–Crippen MR) is 79.8 cm³/mol. The van der Waals surface area contributed by atoms with Crippen molar-refractivity contribution in [2.45, 2.75) is 51.1 Å².